The SMILES string of the molecule is CS(=O)(=O)c1ccccc1NS(=O)(=O)c1ccc(-c2n[nH]c3ccccc23)c(C(N)=O)c1. The molecule has 0 spiro atoms. The molecular weight excluding hydrogens is 452 g/mol. The number of primary amides is 1. The Morgan fingerprint density at radius 1 is 0.969 bits per heavy atom. The number of nitrogens with two attached hydrogens (primary N) is 1. The summed E-state index contributed by atoms with van der Waals surface area (Å²) in [5.74, 6) is -0.833. The van der Waals surface area contributed by atoms with Crippen LogP contribution in [-0.2, 0) is 19.9 Å². The first-order valence-electron chi connectivity index (χ1n) is 9.27. The van der Waals surface area contributed by atoms with Gasteiger partial charge in [-0.2, -0.15) is 5.10 Å². The molecule has 4 rings (SSSR count). The molecule has 1 amide bonds. The summed E-state index contributed by atoms with van der Waals surface area (Å²) in [6, 6.07) is 16.8. The quantitative estimate of drug-likeness (QED) is 0.394. The molecule has 0 atom stereocenters. The Morgan fingerprint density at radius 3 is 2.38 bits per heavy atom. The van der Waals surface area contributed by atoms with Crippen molar-refractivity contribution in [3.05, 3.63) is 72.3 Å². The predicted octanol–water partition coefficient (Wildman–Crippen LogP) is 2.53. The van der Waals surface area contributed by atoms with E-state index in [-0.39, 0.29) is 21.0 Å². The van der Waals surface area contributed by atoms with Gasteiger partial charge in [0.25, 0.3) is 10.0 Å². The minimum absolute atomic E-state index is 0.0403. The van der Waals surface area contributed by atoms with Gasteiger partial charge in [0.05, 0.1) is 21.0 Å². The van der Waals surface area contributed by atoms with Crippen LogP contribution in [0.4, 0.5) is 5.69 Å². The van der Waals surface area contributed by atoms with E-state index in [2.05, 4.69) is 14.9 Å². The van der Waals surface area contributed by atoms with E-state index < -0.39 is 25.8 Å². The van der Waals surface area contributed by atoms with Crippen molar-refractivity contribution in [2.45, 2.75) is 9.79 Å². The zero-order valence-electron chi connectivity index (χ0n) is 16.7. The summed E-state index contributed by atoms with van der Waals surface area (Å²) in [7, 11) is -7.91. The summed E-state index contributed by atoms with van der Waals surface area (Å²) >= 11 is 0. The number of rotatable bonds is 6. The molecule has 1 heterocycles. The molecule has 0 bridgehead atoms. The summed E-state index contributed by atoms with van der Waals surface area (Å²) in [5, 5.41) is 7.84. The van der Waals surface area contributed by atoms with E-state index in [0.717, 1.165) is 23.2 Å². The number of carbonyl (C=O) groups excluding carboxylic acids is 1. The van der Waals surface area contributed by atoms with Gasteiger partial charge in [-0.3, -0.25) is 14.6 Å². The molecule has 32 heavy (non-hydrogen) atoms. The molecule has 0 aliphatic rings. The standard InChI is InChI=1S/C21H18N4O5S2/c1-31(27,28)19-9-5-4-8-18(19)25-32(29,30)13-10-11-14(16(12-13)21(22)26)20-15-6-2-3-7-17(15)23-24-20/h2-12,25H,1H3,(H2,22,26)(H,23,24). The maximum absolute atomic E-state index is 13.0. The number of hydrogen-bond donors (Lipinski definition) is 3. The van der Waals surface area contributed by atoms with Gasteiger partial charge < -0.3 is 5.73 Å². The van der Waals surface area contributed by atoms with Gasteiger partial charge in [0.2, 0.25) is 5.91 Å². The van der Waals surface area contributed by atoms with Crippen molar-refractivity contribution in [1.29, 1.82) is 0 Å². The predicted molar refractivity (Wildman–Crippen MR) is 120 cm³/mol. The normalized spacial score (nSPS) is 12.0. The van der Waals surface area contributed by atoms with Crippen LogP contribution < -0.4 is 10.5 Å². The Hall–Kier alpha value is -3.70. The molecule has 0 aliphatic heterocycles. The number of hydrogen-bond acceptors (Lipinski definition) is 6. The largest absolute Gasteiger partial charge is 0.366 e. The average Bonchev–Trinajstić information content (AvgIpc) is 3.16. The molecule has 1 aromatic heterocycles. The summed E-state index contributed by atoms with van der Waals surface area (Å²) < 4.78 is 52.2. The Morgan fingerprint density at radius 2 is 1.66 bits per heavy atom. The minimum Gasteiger partial charge on any atom is -0.366 e. The number of anilines is 1. The third-order valence-electron chi connectivity index (χ3n) is 4.82. The third-order valence-corrected chi connectivity index (χ3v) is 7.34. The monoisotopic (exact) mass is 470 g/mol. The second-order valence-corrected chi connectivity index (χ2v) is 10.7. The van der Waals surface area contributed by atoms with Crippen LogP contribution >= 0.6 is 0 Å². The summed E-state index contributed by atoms with van der Waals surface area (Å²) in [5.41, 5.74) is 6.96. The van der Waals surface area contributed by atoms with Crippen molar-refractivity contribution in [2.24, 2.45) is 5.73 Å². The number of sulfonamides is 1. The molecule has 0 aliphatic carbocycles. The van der Waals surface area contributed by atoms with E-state index in [9.17, 15) is 21.6 Å². The summed E-state index contributed by atoms with van der Waals surface area (Å²) in [4.78, 5) is 11.7. The van der Waals surface area contributed by atoms with Crippen LogP contribution in [0, 0.1) is 0 Å². The van der Waals surface area contributed by atoms with Crippen LogP contribution in [0.1, 0.15) is 10.4 Å². The number of amides is 1. The molecule has 0 unspecified atom stereocenters. The van der Waals surface area contributed by atoms with Crippen molar-refractivity contribution in [1.82, 2.24) is 10.2 Å². The van der Waals surface area contributed by atoms with Gasteiger partial charge in [0.15, 0.2) is 9.84 Å². The Bertz CT molecular complexity index is 1570. The first-order valence-corrected chi connectivity index (χ1v) is 12.6. The Kier molecular flexibility index (Phi) is 5.23. The van der Waals surface area contributed by atoms with Crippen LogP contribution in [0.5, 0.6) is 0 Å². The lowest BCUT2D eigenvalue weighted by Crippen LogP contribution is -2.18. The van der Waals surface area contributed by atoms with E-state index in [4.69, 9.17) is 5.73 Å². The van der Waals surface area contributed by atoms with Gasteiger partial charge in [-0.1, -0.05) is 36.4 Å². The fraction of sp³-hybridized carbons (Fsp3) is 0.0476. The molecule has 0 saturated heterocycles. The lowest BCUT2D eigenvalue weighted by molar-refractivity contribution is 0.100. The second-order valence-electron chi connectivity index (χ2n) is 7.06. The zero-order valence-corrected chi connectivity index (χ0v) is 18.4. The minimum atomic E-state index is -4.23. The van der Waals surface area contributed by atoms with E-state index in [1.165, 1.54) is 36.4 Å². The molecule has 0 saturated carbocycles. The van der Waals surface area contributed by atoms with Crippen LogP contribution in [0.15, 0.2) is 76.5 Å². The summed E-state index contributed by atoms with van der Waals surface area (Å²) in [6.07, 6.45) is 0.980. The number of benzene rings is 3. The van der Waals surface area contributed by atoms with E-state index in [1.807, 2.05) is 24.3 Å². The number of nitrogens with zero attached hydrogens (tertiary/aromatic N) is 1. The van der Waals surface area contributed by atoms with Crippen molar-refractivity contribution < 1.29 is 21.6 Å². The average molecular weight is 471 g/mol. The lowest BCUT2D eigenvalue weighted by Gasteiger charge is -2.13. The molecular formula is C21H18N4O5S2. The molecule has 0 radical (unpaired) electrons. The highest BCUT2D eigenvalue weighted by Crippen LogP contribution is 2.31. The first-order chi connectivity index (χ1) is 15.1. The molecule has 0 fully saturated rings. The smallest absolute Gasteiger partial charge is 0.261 e. The van der Waals surface area contributed by atoms with Gasteiger partial charge >= 0.3 is 0 Å². The van der Waals surface area contributed by atoms with Crippen LogP contribution in [0.2, 0.25) is 0 Å². The maximum Gasteiger partial charge on any atom is 0.261 e. The zero-order chi connectivity index (χ0) is 23.1. The third kappa shape index (κ3) is 3.95. The van der Waals surface area contributed by atoms with Gasteiger partial charge in [0.1, 0.15) is 5.69 Å². The number of sulfone groups is 1. The van der Waals surface area contributed by atoms with Crippen LogP contribution in [0.3, 0.4) is 0 Å². The number of aromatic nitrogens is 2. The highest BCUT2D eigenvalue weighted by atomic mass is 32.2. The van der Waals surface area contributed by atoms with Crippen molar-refractivity contribution in [2.75, 3.05) is 11.0 Å². The fourth-order valence-corrected chi connectivity index (χ4v) is 5.36. The molecule has 9 nitrogen and oxygen atoms in total. The number of fused-ring (bicyclic) bond motifs is 1. The number of H-pyrrole nitrogens is 1. The molecule has 164 valence electrons. The first kappa shape index (κ1) is 21.5. The number of nitrogens with one attached hydrogen (secondary N) is 2. The van der Waals surface area contributed by atoms with Gasteiger partial charge in [-0.15, -0.1) is 0 Å². The maximum atomic E-state index is 13.0. The highest BCUT2D eigenvalue weighted by molar-refractivity contribution is 7.93. The Balaban J connectivity index is 1.81. The van der Waals surface area contributed by atoms with Gasteiger partial charge in [0, 0.05) is 22.8 Å². The van der Waals surface area contributed by atoms with Crippen LogP contribution in [-0.4, -0.2) is 39.2 Å². The van der Waals surface area contributed by atoms with E-state index >= 15 is 0 Å². The molecule has 4 N–H and O–H groups in total. The number of carbonyl (C=O) groups is 1. The van der Waals surface area contributed by atoms with E-state index in [0.29, 0.717) is 11.3 Å². The van der Waals surface area contributed by atoms with Crippen molar-refractivity contribution in [3.63, 3.8) is 0 Å². The molecule has 3 aromatic carbocycles. The Labute approximate surface area is 184 Å². The number of aromatic amines is 1. The van der Waals surface area contributed by atoms with Gasteiger partial charge in [-0.25, -0.2) is 16.8 Å². The molecule has 11 heteroatoms. The van der Waals surface area contributed by atoms with Crippen molar-refractivity contribution in [3.8, 4) is 11.3 Å². The second kappa shape index (κ2) is 7.77. The van der Waals surface area contributed by atoms with Crippen LogP contribution in [0.25, 0.3) is 22.2 Å². The number of para-hydroxylation sites is 2. The van der Waals surface area contributed by atoms with Crippen molar-refractivity contribution >= 4 is 42.4 Å². The van der Waals surface area contributed by atoms with E-state index in [1.54, 1.807) is 0 Å². The summed E-state index contributed by atoms with van der Waals surface area (Å²) in [6.45, 7) is 0. The molecule has 4 aromatic rings. The lowest BCUT2D eigenvalue weighted by atomic mass is 10.0. The van der Waals surface area contributed by atoms with Gasteiger partial charge in [-0.05, 0) is 30.3 Å². The highest BCUT2D eigenvalue weighted by Gasteiger charge is 2.23. The topological polar surface area (TPSA) is 152 Å². The fourth-order valence-electron chi connectivity index (χ4n) is 3.35.